The Morgan fingerprint density at radius 1 is 1.00 bits per heavy atom. The fraction of sp³-hybridized carbons (Fsp3) is 0.833. The molecule has 0 saturated heterocycles. The first-order chi connectivity index (χ1) is 8.46. The van der Waals surface area contributed by atoms with Crippen molar-refractivity contribution in [3.63, 3.8) is 0 Å². The van der Waals surface area contributed by atoms with E-state index >= 15 is 0 Å². The van der Waals surface area contributed by atoms with Crippen LogP contribution in [0.4, 0.5) is 0 Å². The Bertz CT molecular complexity index is 541. The molecule has 4 fully saturated rings. The van der Waals surface area contributed by atoms with E-state index in [0.29, 0.717) is 5.71 Å². The Labute approximate surface area is 107 Å². The maximum Gasteiger partial charge on any atom is 0.365 e. The van der Waals surface area contributed by atoms with Gasteiger partial charge in [-0.1, -0.05) is 0 Å². The number of rotatable bonds is 1. The molecule has 1 heterocycles. The lowest BCUT2D eigenvalue weighted by atomic mass is 9.48. The van der Waals surface area contributed by atoms with E-state index in [-0.39, 0.29) is 11.3 Å². The van der Waals surface area contributed by atoms with Crippen molar-refractivity contribution < 1.29 is 8.42 Å². The van der Waals surface area contributed by atoms with E-state index in [9.17, 15) is 8.42 Å². The minimum Gasteiger partial charge on any atom is -0.381 e. The molecule has 0 unspecified atom stereocenters. The van der Waals surface area contributed by atoms with Gasteiger partial charge in [-0.15, -0.1) is 8.80 Å². The number of amidine groups is 1. The van der Waals surface area contributed by atoms with Crippen LogP contribution in [0, 0.1) is 23.2 Å². The van der Waals surface area contributed by atoms with Crippen molar-refractivity contribution in [2.75, 3.05) is 0 Å². The average molecular weight is 267 g/mol. The number of hydrogen-bond acceptors (Lipinski definition) is 3. The van der Waals surface area contributed by atoms with Gasteiger partial charge in [-0.05, 0) is 56.3 Å². The monoisotopic (exact) mass is 267 g/mol. The molecule has 5 rings (SSSR count). The molecule has 4 aliphatic carbocycles. The first-order valence-electron chi connectivity index (χ1n) is 6.67. The van der Waals surface area contributed by atoms with Crippen LogP contribution in [0.1, 0.15) is 38.5 Å². The molecule has 0 radical (unpaired) electrons. The summed E-state index contributed by atoms with van der Waals surface area (Å²) in [6.07, 6.45) is 7.12. The summed E-state index contributed by atoms with van der Waals surface area (Å²) in [6.45, 7) is 0. The average Bonchev–Trinajstić information content (AvgIpc) is 2.50. The molecule has 98 valence electrons. The van der Waals surface area contributed by atoms with Crippen molar-refractivity contribution in [3.8, 4) is 0 Å². The Morgan fingerprint density at radius 3 is 1.89 bits per heavy atom. The lowest BCUT2D eigenvalue weighted by Crippen LogP contribution is -2.52. The predicted octanol–water partition coefficient (Wildman–Crippen LogP) is 1.26. The summed E-state index contributed by atoms with van der Waals surface area (Å²) in [5.74, 6) is 2.39. The minimum atomic E-state index is -3.69. The Morgan fingerprint density at radius 2 is 1.50 bits per heavy atom. The molecule has 2 N–H and O–H groups in total. The van der Waals surface area contributed by atoms with Crippen molar-refractivity contribution >= 4 is 21.8 Å². The first kappa shape index (κ1) is 11.0. The summed E-state index contributed by atoms with van der Waals surface area (Å²) in [5.41, 5.74) is 6.32. The van der Waals surface area contributed by atoms with Crippen LogP contribution in [-0.4, -0.2) is 20.0 Å². The van der Waals surface area contributed by atoms with Gasteiger partial charge in [0.15, 0.2) is 5.84 Å². The molecular weight excluding hydrogens is 250 g/mol. The molecule has 4 bridgehead atoms. The molecule has 0 atom stereocenters. The smallest absolute Gasteiger partial charge is 0.365 e. The summed E-state index contributed by atoms with van der Waals surface area (Å²) >= 11 is 0. The van der Waals surface area contributed by atoms with Crippen molar-refractivity contribution in [2.24, 2.45) is 37.7 Å². The fourth-order valence-electron chi connectivity index (χ4n) is 5.12. The third-order valence-electron chi connectivity index (χ3n) is 5.20. The third kappa shape index (κ3) is 1.41. The molecule has 5 aliphatic rings. The van der Waals surface area contributed by atoms with Gasteiger partial charge in [0.1, 0.15) is 5.71 Å². The van der Waals surface area contributed by atoms with Gasteiger partial charge >= 0.3 is 10.2 Å². The van der Waals surface area contributed by atoms with E-state index in [1.54, 1.807) is 0 Å². The number of hydrogen-bond donors (Lipinski definition) is 1. The SMILES string of the molecule is NC1=NS(=O)(=O)N=C1C12CC3CC(CC(C3)C1)C2. The zero-order valence-corrected chi connectivity index (χ0v) is 11.0. The van der Waals surface area contributed by atoms with Crippen LogP contribution in [0.3, 0.4) is 0 Å². The molecule has 4 saturated carbocycles. The van der Waals surface area contributed by atoms with Crippen molar-refractivity contribution in [1.29, 1.82) is 0 Å². The van der Waals surface area contributed by atoms with Gasteiger partial charge < -0.3 is 5.73 Å². The number of nitrogens with zero attached hydrogens (tertiary/aromatic N) is 2. The lowest BCUT2D eigenvalue weighted by Gasteiger charge is -2.56. The molecule has 0 aromatic carbocycles. The highest BCUT2D eigenvalue weighted by Crippen LogP contribution is 2.60. The van der Waals surface area contributed by atoms with Crippen LogP contribution in [-0.2, 0) is 10.2 Å². The van der Waals surface area contributed by atoms with Crippen molar-refractivity contribution in [2.45, 2.75) is 38.5 Å². The van der Waals surface area contributed by atoms with E-state index in [4.69, 9.17) is 5.73 Å². The highest BCUT2D eigenvalue weighted by atomic mass is 32.2. The molecule has 6 heteroatoms. The van der Waals surface area contributed by atoms with Gasteiger partial charge in [-0.25, -0.2) is 0 Å². The highest BCUT2D eigenvalue weighted by Gasteiger charge is 2.55. The first-order valence-corrected chi connectivity index (χ1v) is 8.07. The van der Waals surface area contributed by atoms with E-state index in [2.05, 4.69) is 8.80 Å². The highest BCUT2D eigenvalue weighted by molar-refractivity contribution is 7.89. The second-order valence-corrected chi connectivity index (χ2v) is 7.82. The normalized spacial score (nSPS) is 48.1. The Kier molecular flexibility index (Phi) is 1.92. The van der Waals surface area contributed by atoms with E-state index in [1.165, 1.54) is 19.3 Å². The zero-order valence-electron chi connectivity index (χ0n) is 10.2. The quantitative estimate of drug-likeness (QED) is 0.776. The van der Waals surface area contributed by atoms with E-state index in [1.807, 2.05) is 0 Å². The molecule has 18 heavy (non-hydrogen) atoms. The van der Waals surface area contributed by atoms with Crippen molar-refractivity contribution in [3.05, 3.63) is 0 Å². The molecular formula is C12H17N3O2S. The van der Waals surface area contributed by atoms with Gasteiger partial charge in [0.05, 0.1) is 0 Å². The minimum absolute atomic E-state index is 0.0775. The van der Waals surface area contributed by atoms with Crippen molar-refractivity contribution in [1.82, 2.24) is 0 Å². The molecule has 0 aromatic heterocycles. The van der Waals surface area contributed by atoms with Crippen LogP contribution < -0.4 is 5.73 Å². The summed E-state index contributed by atoms with van der Waals surface area (Å²) in [6, 6.07) is 0. The van der Waals surface area contributed by atoms with Gasteiger partial charge in [0.25, 0.3) is 0 Å². The van der Waals surface area contributed by atoms with Crippen LogP contribution in [0.5, 0.6) is 0 Å². The Balaban J connectivity index is 1.80. The van der Waals surface area contributed by atoms with Crippen LogP contribution in [0.25, 0.3) is 0 Å². The van der Waals surface area contributed by atoms with Gasteiger partial charge in [0, 0.05) is 5.41 Å². The second kappa shape index (κ2) is 3.15. The summed E-state index contributed by atoms with van der Waals surface area (Å²) in [4.78, 5) is 0. The standard InChI is InChI=1S/C12H17N3O2S/c13-11-10(14-18(16,17)15-11)12-4-7-1-8(5-12)3-9(2-7)6-12/h7-9H,1-6H2,(H2,13,15). The molecule has 0 amide bonds. The largest absolute Gasteiger partial charge is 0.381 e. The predicted molar refractivity (Wildman–Crippen MR) is 68.6 cm³/mol. The molecule has 1 aliphatic heterocycles. The summed E-state index contributed by atoms with van der Waals surface area (Å²) in [5, 5.41) is 0. The van der Waals surface area contributed by atoms with Crippen LogP contribution >= 0.6 is 0 Å². The van der Waals surface area contributed by atoms with Crippen LogP contribution in [0.2, 0.25) is 0 Å². The summed E-state index contributed by atoms with van der Waals surface area (Å²) in [7, 11) is -3.69. The lowest BCUT2D eigenvalue weighted by molar-refractivity contribution is -0.0111. The maximum atomic E-state index is 11.5. The Hall–Kier alpha value is -0.910. The fourth-order valence-corrected chi connectivity index (χ4v) is 6.01. The van der Waals surface area contributed by atoms with Crippen LogP contribution in [0.15, 0.2) is 8.80 Å². The van der Waals surface area contributed by atoms with Gasteiger partial charge in [-0.2, -0.15) is 8.42 Å². The van der Waals surface area contributed by atoms with Gasteiger partial charge in [0.2, 0.25) is 0 Å². The van der Waals surface area contributed by atoms with E-state index < -0.39 is 10.2 Å². The second-order valence-electron chi connectivity index (χ2n) is 6.56. The summed E-state index contributed by atoms with van der Waals surface area (Å²) < 4.78 is 30.4. The molecule has 0 aromatic rings. The maximum absolute atomic E-state index is 11.5. The topological polar surface area (TPSA) is 84.9 Å². The number of nitrogens with two attached hydrogens (primary N) is 1. The molecule has 5 nitrogen and oxygen atoms in total. The van der Waals surface area contributed by atoms with E-state index in [0.717, 1.165) is 37.0 Å². The third-order valence-corrected chi connectivity index (χ3v) is 6.04. The molecule has 0 spiro atoms. The zero-order chi connectivity index (χ0) is 12.5. The van der Waals surface area contributed by atoms with Gasteiger partial charge in [-0.3, -0.25) is 0 Å².